The van der Waals surface area contributed by atoms with Crippen molar-refractivity contribution in [3.8, 4) is 0 Å². The monoisotopic (exact) mass is 304 g/mol. The van der Waals surface area contributed by atoms with Gasteiger partial charge in [0.2, 0.25) is 0 Å². The first-order valence-corrected chi connectivity index (χ1v) is 6.73. The maximum Gasteiger partial charge on any atom is 0.287 e. The highest BCUT2D eigenvalue weighted by atomic mass is 35.5. The van der Waals surface area contributed by atoms with Crippen LogP contribution in [0.5, 0.6) is 0 Å². The van der Waals surface area contributed by atoms with E-state index in [0.717, 1.165) is 5.69 Å². The first kappa shape index (κ1) is 15.0. The summed E-state index contributed by atoms with van der Waals surface area (Å²) in [5.74, 6) is -0.250. The summed E-state index contributed by atoms with van der Waals surface area (Å²) in [6.07, 6.45) is 0. The molecule has 0 atom stereocenters. The zero-order valence-corrected chi connectivity index (χ0v) is 12.1. The zero-order chi connectivity index (χ0) is 15.4. The van der Waals surface area contributed by atoms with Crippen molar-refractivity contribution in [3.05, 3.63) is 69.2 Å². The normalized spacial score (nSPS) is 10.2. The van der Waals surface area contributed by atoms with Crippen LogP contribution in [0.2, 0.25) is 5.02 Å². The van der Waals surface area contributed by atoms with Gasteiger partial charge in [-0.25, -0.2) is 0 Å². The first-order chi connectivity index (χ1) is 10.0. The Hall–Kier alpha value is -2.40. The fourth-order valence-corrected chi connectivity index (χ4v) is 2.24. The predicted octanol–water partition coefficient (Wildman–Crippen LogP) is 3.91. The highest BCUT2D eigenvalue weighted by Gasteiger charge is 2.19. The second-order valence-electron chi connectivity index (χ2n) is 4.31. The number of carbonyl (C=O) groups is 1. The van der Waals surface area contributed by atoms with Gasteiger partial charge in [0.25, 0.3) is 11.6 Å². The van der Waals surface area contributed by atoms with Gasteiger partial charge in [0, 0.05) is 23.9 Å². The van der Waals surface area contributed by atoms with Crippen molar-refractivity contribution >= 4 is 28.9 Å². The maximum atomic E-state index is 12.5. The van der Waals surface area contributed by atoms with Crippen molar-refractivity contribution in [2.45, 2.75) is 6.92 Å². The van der Waals surface area contributed by atoms with Crippen LogP contribution in [-0.4, -0.2) is 17.4 Å². The van der Waals surface area contributed by atoms with Gasteiger partial charge in [-0.05, 0) is 31.2 Å². The van der Waals surface area contributed by atoms with Gasteiger partial charge in [-0.2, -0.15) is 0 Å². The molecule has 0 aromatic heterocycles. The minimum Gasteiger partial charge on any atom is -0.309 e. The number of hydrogen-bond acceptors (Lipinski definition) is 3. The number of benzene rings is 2. The maximum absolute atomic E-state index is 12.5. The molecule has 0 aliphatic rings. The number of rotatable bonds is 4. The van der Waals surface area contributed by atoms with Crippen molar-refractivity contribution in [2.75, 3.05) is 11.4 Å². The Kier molecular flexibility index (Phi) is 4.55. The van der Waals surface area contributed by atoms with Gasteiger partial charge in [0.15, 0.2) is 0 Å². The van der Waals surface area contributed by atoms with E-state index in [4.69, 9.17) is 11.6 Å². The van der Waals surface area contributed by atoms with Crippen molar-refractivity contribution < 1.29 is 9.72 Å². The Labute approximate surface area is 126 Å². The molecule has 2 aromatic carbocycles. The molecule has 0 bridgehead atoms. The first-order valence-electron chi connectivity index (χ1n) is 6.35. The molecule has 5 nitrogen and oxygen atoms in total. The lowest BCUT2D eigenvalue weighted by Gasteiger charge is -2.21. The highest BCUT2D eigenvalue weighted by molar-refractivity contribution is 6.33. The fourth-order valence-electron chi connectivity index (χ4n) is 2.00. The number of nitrogens with zero attached hydrogens (tertiary/aromatic N) is 2. The molecular weight excluding hydrogens is 292 g/mol. The zero-order valence-electron chi connectivity index (χ0n) is 11.3. The molecule has 2 rings (SSSR count). The largest absolute Gasteiger partial charge is 0.309 e. The molecule has 0 radical (unpaired) electrons. The van der Waals surface area contributed by atoms with E-state index in [1.54, 1.807) is 4.90 Å². The molecule has 0 N–H and O–H groups in total. The number of halogens is 1. The molecule has 1 amide bonds. The summed E-state index contributed by atoms with van der Waals surface area (Å²) in [5, 5.41) is 10.7. The van der Waals surface area contributed by atoms with Gasteiger partial charge in [-0.15, -0.1) is 0 Å². The van der Waals surface area contributed by atoms with E-state index in [1.165, 1.54) is 18.2 Å². The van der Waals surface area contributed by atoms with Gasteiger partial charge >= 0.3 is 0 Å². The lowest BCUT2D eigenvalue weighted by molar-refractivity contribution is -0.384. The number of hydrogen-bond donors (Lipinski definition) is 0. The number of amides is 1. The van der Waals surface area contributed by atoms with Crippen LogP contribution in [0.1, 0.15) is 17.3 Å². The Morgan fingerprint density at radius 2 is 1.90 bits per heavy atom. The summed E-state index contributed by atoms with van der Waals surface area (Å²) in [7, 11) is 0. The topological polar surface area (TPSA) is 63.5 Å². The average Bonchev–Trinajstić information content (AvgIpc) is 2.48. The van der Waals surface area contributed by atoms with Crippen molar-refractivity contribution in [2.24, 2.45) is 0 Å². The number of anilines is 1. The van der Waals surface area contributed by atoms with Gasteiger partial charge in [0.05, 0.1) is 4.92 Å². The number of carbonyl (C=O) groups excluding carboxylic acids is 1. The fraction of sp³-hybridized carbons (Fsp3) is 0.133. The van der Waals surface area contributed by atoms with E-state index < -0.39 is 4.92 Å². The molecule has 0 aliphatic heterocycles. The lowest BCUT2D eigenvalue weighted by atomic mass is 10.1. The Morgan fingerprint density at radius 3 is 2.43 bits per heavy atom. The summed E-state index contributed by atoms with van der Waals surface area (Å²) in [5.41, 5.74) is 0.867. The molecule has 0 aliphatic carbocycles. The number of para-hydroxylation sites is 1. The van der Waals surface area contributed by atoms with Crippen LogP contribution in [0.3, 0.4) is 0 Å². The van der Waals surface area contributed by atoms with E-state index in [-0.39, 0.29) is 16.6 Å². The molecule has 0 unspecified atom stereocenters. The highest BCUT2D eigenvalue weighted by Crippen LogP contribution is 2.26. The molecule has 108 valence electrons. The van der Waals surface area contributed by atoms with Crippen molar-refractivity contribution in [1.82, 2.24) is 0 Å². The van der Waals surface area contributed by atoms with Crippen LogP contribution in [-0.2, 0) is 0 Å². The lowest BCUT2D eigenvalue weighted by Crippen LogP contribution is -2.30. The molecule has 0 saturated carbocycles. The second-order valence-corrected chi connectivity index (χ2v) is 4.72. The van der Waals surface area contributed by atoms with Crippen LogP contribution in [0.4, 0.5) is 11.4 Å². The number of nitro benzene ring substituents is 1. The third kappa shape index (κ3) is 3.20. The van der Waals surface area contributed by atoms with Crippen LogP contribution in [0, 0.1) is 10.1 Å². The standard InChI is InChI=1S/C15H13ClN2O3/c1-2-17(12-6-4-3-5-7-12)15(19)11-8-9-14(18(20)21)13(16)10-11/h3-10H,2H2,1H3. The summed E-state index contributed by atoms with van der Waals surface area (Å²) in [6.45, 7) is 2.34. The smallest absolute Gasteiger partial charge is 0.287 e. The third-order valence-corrected chi connectivity index (χ3v) is 3.32. The van der Waals surface area contributed by atoms with Crippen LogP contribution in [0.25, 0.3) is 0 Å². The second kappa shape index (κ2) is 6.37. The van der Waals surface area contributed by atoms with E-state index in [9.17, 15) is 14.9 Å². The third-order valence-electron chi connectivity index (χ3n) is 3.02. The van der Waals surface area contributed by atoms with Crippen LogP contribution in [0.15, 0.2) is 48.5 Å². The summed E-state index contributed by atoms with van der Waals surface area (Å²) < 4.78 is 0. The van der Waals surface area contributed by atoms with Crippen LogP contribution >= 0.6 is 11.6 Å². The van der Waals surface area contributed by atoms with Crippen LogP contribution < -0.4 is 4.90 Å². The van der Waals surface area contributed by atoms with E-state index >= 15 is 0 Å². The molecule has 21 heavy (non-hydrogen) atoms. The molecule has 6 heteroatoms. The van der Waals surface area contributed by atoms with Gasteiger partial charge in [0.1, 0.15) is 5.02 Å². The molecule has 0 saturated heterocycles. The average molecular weight is 305 g/mol. The Morgan fingerprint density at radius 1 is 1.24 bits per heavy atom. The molecular formula is C15H13ClN2O3. The summed E-state index contributed by atoms with van der Waals surface area (Å²) in [6, 6.07) is 13.2. The predicted molar refractivity (Wildman–Crippen MR) is 81.9 cm³/mol. The minimum atomic E-state index is -0.578. The number of nitro groups is 1. The Bertz CT molecular complexity index is 674. The SMILES string of the molecule is CCN(C(=O)c1ccc([N+](=O)[O-])c(Cl)c1)c1ccccc1. The van der Waals surface area contributed by atoms with Gasteiger partial charge < -0.3 is 4.90 Å². The molecule has 0 spiro atoms. The Balaban J connectivity index is 2.35. The molecule has 2 aromatic rings. The van der Waals surface area contributed by atoms with E-state index in [1.807, 2.05) is 37.3 Å². The van der Waals surface area contributed by atoms with E-state index in [2.05, 4.69) is 0 Å². The minimum absolute atomic E-state index is 0.0463. The van der Waals surface area contributed by atoms with Gasteiger partial charge in [-0.1, -0.05) is 29.8 Å². The van der Waals surface area contributed by atoms with Gasteiger partial charge in [-0.3, -0.25) is 14.9 Å². The quantitative estimate of drug-likeness (QED) is 0.635. The summed E-state index contributed by atoms with van der Waals surface area (Å²) >= 11 is 5.85. The molecule has 0 fully saturated rings. The molecule has 0 heterocycles. The van der Waals surface area contributed by atoms with E-state index in [0.29, 0.717) is 12.1 Å². The van der Waals surface area contributed by atoms with Crippen molar-refractivity contribution in [1.29, 1.82) is 0 Å². The van der Waals surface area contributed by atoms with Crippen molar-refractivity contribution in [3.63, 3.8) is 0 Å². The summed E-state index contributed by atoms with van der Waals surface area (Å²) in [4.78, 5) is 24.3.